The lowest BCUT2D eigenvalue weighted by Gasteiger charge is -2.41. The van der Waals surface area contributed by atoms with Gasteiger partial charge in [0.25, 0.3) is 0 Å². The largest absolute Gasteiger partial charge is 0.492 e. The summed E-state index contributed by atoms with van der Waals surface area (Å²) in [5.41, 5.74) is 0. The molecule has 0 bridgehead atoms. The van der Waals surface area contributed by atoms with Crippen molar-refractivity contribution < 1.29 is 24.2 Å². The normalized spacial score (nSPS) is 16.1. The van der Waals surface area contributed by atoms with Crippen LogP contribution < -0.4 is 4.74 Å². The van der Waals surface area contributed by atoms with Gasteiger partial charge in [-0.05, 0) is 18.6 Å². The summed E-state index contributed by atoms with van der Waals surface area (Å²) in [6.07, 6.45) is 1.22. The topological polar surface area (TPSA) is 9.23 Å². The number of hydrogen-bond acceptors (Lipinski definition) is 1. The lowest BCUT2D eigenvalue weighted by molar-refractivity contribution is 0.290. The summed E-state index contributed by atoms with van der Waals surface area (Å²) >= 11 is 0. The first-order valence-corrected chi connectivity index (χ1v) is 6.95. The van der Waals surface area contributed by atoms with Crippen molar-refractivity contribution in [3.63, 3.8) is 0 Å². The van der Waals surface area contributed by atoms with Crippen LogP contribution in [0, 0.1) is 0 Å². The van der Waals surface area contributed by atoms with E-state index in [-0.39, 0.29) is 6.61 Å². The molecule has 0 heterocycles. The van der Waals surface area contributed by atoms with Gasteiger partial charge in [0.05, 0.1) is 6.61 Å². The predicted molar refractivity (Wildman–Crippen MR) is 58.2 cm³/mol. The molecule has 0 atom stereocenters. The van der Waals surface area contributed by atoms with E-state index in [4.69, 9.17) is 4.74 Å². The zero-order valence-electron chi connectivity index (χ0n) is 9.14. The Balaban J connectivity index is 3.10. The number of ether oxygens (including phenoxy) is 1. The van der Waals surface area contributed by atoms with Gasteiger partial charge in [-0.25, -0.2) is 0 Å². The van der Waals surface area contributed by atoms with E-state index in [9.17, 15) is 19.4 Å². The Morgan fingerprint density at radius 1 is 1.06 bits per heavy atom. The highest BCUT2D eigenvalue weighted by Crippen LogP contribution is 3.03. The van der Waals surface area contributed by atoms with E-state index in [0.717, 1.165) is 12.1 Å². The van der Waals surface area contributed by atoms with E-state index < -0.39 is 20.9 Å². The lowest BCUT2D eigenvalue weighted by atomic mass is 10.3. The summed E-state index contributed by atoms with van der Waals surface area (Å²) in [6, 6.07) is 3.40. The molecule has 0 fully saturated rings. The average Bonchev–Trinajstić information content (AvgIpc) is 2.15. The molecule has 0 aliphatic rings. The third-order valence-corrected chi connectivity index (χ3v) is 3.19. The summed E-state index contributed by atoms with van der Waals surface area (Å²) in [6.45, 7) is 1.81. The van der Waals surface area contributed by atoms with Crippen molar-refractivity contribution in [2.24, 2.45) is 0 Å². The Hall–Kier alpha value is -0.980. The van der Waals surface area contributed by atoms with Gasteiger partial charge in [-0.1, -0.05) is 44.9 Å². The Morgan fingerprint density at radius 2 is 1.65 bits per heavy atom. The molecule has 0 unspecified atom stereocenters. The maximum atomic E-state index is 12.6. The Kier molecular flexibility index (Phi) is 3.12. The quantitative estimate of drug-likeness (QED) is 0.508. The molecule has 0 saturated carbocycles. The van der Waals surface area contributed by atoms with Crippen LogP contribution in [-0.4, -0.2) is 6.61 Å². The van der Waals surface area contributed by atoms with E-state index >= 15 is 0 Å². The Labute approximate surface area is 96.3 Å². The molecule has 1 aromatic rings. The van der Waals surface area contributed by atoms with Crippen molar-refractivity contribution in [1.82, 2.24) is 0 Å². The zero-order valence-corrected chi connectivity index (χ0v) is 9.95. The maximum Gasteiger partial charge on any atom is 0.313 e. The van der Waals surface area contributed by atoms with E-state index in [2.05, 4.69) is 0 Å². The molecular formula is C10H13F5OS. The third-order valence-electron chi connectivity index (χ3n) is 2.02. The minimum absolute atomic E-state index is 0.0125. The van der Waals surface area contributed by atoms with Crippen LogP contribution in [0.5, 0.6) is 5.75 Å². The summed E-state index contributed by atoms with van der Waals surface area (Å²) in [7, 11) is -9.67. The van der Waals surface area contributed by atoms with Crippen LogP contribution in [0.3, 0.4) is 0 Å². The van der Waals surface area contributed by atoms with Crippen molar-refractivity contribution in [1.29, 1.82) is 0 Å². The molecule has 0 radical (unpaired) electrons. The summed E-state index contributed by atoms with van der Waals surface area (Å²) in [5.74, 6) is -0.805. The molecule has 0 aromatic heterocycles. The minimum atomic E-state index is -9.67. The van der Waals surface area contributed by atoms with Gasteiger partial charge < -0.3 is 4.74 Å². The maximum absolute atomic E-state index is 12.6. The van der Waals surface area contributed by atoms with Crippen molar-refractivity contribution in [3.8, 4) is 5.75 Å². The van der Waals surface area contributed by atoms with Crippen LogP contribution in [0.15, 0.2) is 29.2 Å². The monoisotopic (exact) mass is 276 g/mol. The number of hydrogen-bond donors (Lipinski definition) is 0. The van der Waals surface area contributed by atoms with E-state index in [1.54, 1.807) is 0 Å². The third kappa shape index (κ3) is 4.07. The average molecular weight is 276 g/mol. The second-order valence-corrected chi connectivity index (χ2v) is 6.00. The first-order chi connectivity index (χ1) is 7.54. The SMILES string of the molecule is CCCCOc1ccccc1S(F)(F)(F)(F)F. The van der Waals surface area contributed by atoms with Crippen molar-refractivity contribution in [2.75, 3.05) is 6.61 Å². The lowest BCUT2D eigenvalue weighted by Crippen LogP contribution is -2.09. The standard InChI is InChI=1S/C10H13F5OS/c1-2-3-8-16-9-6-4-5-7-10(9)17(11,12,13,14)15/h4-7H,2-3,8H2,1H3. The highest BCUT2D eigenvalue weighted by molar-refractivity contribution is 8.45. The van der Waals surface area contributed by atoms with Gasteiger partial charge in [0.1, 0.15) is 10.6 Å². The van der Waals surface area contributed by atoms with Gasteiger partial charge in [0.2, 0.25) is 0 Å². The molecule has 0 N–H and O–H groups in total. The second-order valence-electron chi connectivity index (χ2n) is 3.62. The van der Waals surface area contributed by atoms with Gasteiger partial charge in [-0.15, -0.1) is 0 Å². The molecule has 100 valence electrons. The van der Waals surface area contributed by atoms with Crippen LogP contribution in [0.25, 0.3) is 0 Å². The number of rotatable bonds is 5. The number of benzene rings is 1. The van der Waals surface area contributed by atoms with Gasteiger partial charge in [-0.2, -0.15) is 0 Å². The fraction of sp³-hybridized carbons (Fsp3) is 0.400. The van der Waals surface area contributed by atoms with Crippen molar-refractivity contribution >= 4 is 10.2 Å². The fourth-order valence-corrected chi connectivity index (χ4v) is 2.06. The van der Waals surface area contributed by atoms with Gasteiger partial charge in [0, 0.05) is 0 Å². The first kappa shape index (κ1) is 14.1. The molecule has 0 spiro atoms. The highest BCUT2D eigenvalue weighted by Gasteiger charge is 2.67. The van der Waals surface area contributed by atoms with E-state index in [1.807, 2.05) is 6.92 Å². The zero-order chi connectivity index (χ0) is 13.2. The summed E-state index contributed by atoms with van der Waals surface area (Å²) in [4.78, 5) is -1.95. The smallest absolute Gasteiger partial charge is 0.313 e. The first-order valence-electron chi connectivity index (χ1n) is 5.00. The fourth-order valence-electron chi connectivity index (χ4n) is 1.21. The van der Waals surface area contributed by atoms with Crippen LogP contribution in [0.4, 0.5) is 19.4 Å². The highest BCUT2D eigenvalue weighted by atomic mass is 32.5. The Bertz CT molecular complexity index is 400. The van der Waals surface area contributed by atoms with Crippen molar-refractivity contribution in [2.45, 2.75) is 24.7 Å². The Morgan fingerprint density at radius 3 is 2.18 bits per heavy atom. The van der Waals surface area contributed by atoms with Crippen molar-refractivity contribution in [3.05, 3.63) is 24.3 Å². The summed E-state index contributed by atoms with van der Waals surface area (Å²) in [5, 5.41) is 0. The number of halogens is 5. The number of para-hydroxylation sites is 1. The van der Waals surface area contributed by atoms with E-state index in [0.29, 0.717) is 18.9 Å². The molecule has 7 heteroatoms. The van der Waals surface area contributed by atoms with Gasteiger partial charge in [0.15, 0.2) is 0 Å². The number of unbranched alkanes of at least 4 members (excludes halogenated alkanes) is 1. The van der Waals surface area contributed by atoms with Gasteiger partial charge >= 0.3 is 10.2 Å². The minimum Gasteiger partial charge on any atom is -0.492 e. The molecule has 0 amide bonds. The molecule has 0 aliphatic heterocycles. The molecule has 1 nitrogen and oxygen atoms in total. The molecule has 1 aromatic carbocycles. The molecule has 1 rings (SSSR count). The van der Waals surface area contributed by atoms with Gasteiger partial charge in [-0.3, -0.25) is 0 Å². The predicted octanol–water partition coefficient (Wildman–Crippen LogP) is 5.52. The summed E-state index contributed by atoms with van der Waals surface area (Å²) < 4.78 is 68.0. The molecule has 17 heavy (non-hydrogen) atoms. The molecule has 0 saturated heterocycles. The molecular weight excluding hydrogens is 263 g/mol. The van der Waals surface area contributed by atoms with Crippen LogP contribution in [-0.2, 0) is 0 Å². The van der Waals surface area contributed by atoms with Crippen LogP contribution >= 0.6 is 10.2 Å². The van der Waals surface area contributed by atoms with Crippen LogP contribution in [0.1, 0.15) is 19.8 Å². The molecule has 0 aliphatic carbocycles. The van der Waals surface area contributed by atoms with E-state index in [1.165, 1.54) is 6.07 Å². The second kappa shape index (κ2) is 3.76. The van der Waals surface area contributed by atoms with Crippen LogP contribution in [0.2, 0.25) is 0 Å².